The van der Waals surface area contributed by atoms with Crippen LogP contribution in [-0.2, 0) is 0 Å². The smallest absolute Gasteiger partial charge is 0.202 e. The Morgan fingerprint density at radius 3 is 2.57 bits per heavy atom. The average Bonchev–Trinajstić information content (AvgIpc) is 2.63. The second kappa shape index (κ2) is 6.17. The summed E-state index contributed by atoms with van der Waals surface area (Å²) < 4.78 is 16.7. The fourth-order valence-corrected chi connectivity index (χ4v) is 3.43. The topological polar surface area (TPSA) is 105 Å². The van der Waals surface area contributed by atoms with Gasteiger partial charge in [0.1, 0.15) is 39.9 Å². The van der Waals surface area contributed by atoms with Crippen LogP contribution in [0.2, 0.25) is 0 Å². The number of phenolic OH excluding ortho intramolecular Hbond substituents is 2. The number of aliphatic hydroxyl groups excluding tert-OH is 1. The molecule has 0 aromatic heterocycles. The summed E-state index contributed by atoms with van der Waals surface area (Å²) in [6.45, 7) is 3.72. The van der Waals surface area contributed by atoms with Gasteiger partial charge in [-0.25, -0.2) is 0 Å². The molecule has 2 aliphatic rings. The van der Waals surface area contributed by atoms with Crippen molar-refractivity contribution in [3.05, 3.63) is 47.0 Å². The van der Waals surface area contributed by atoms with Crippen LogP contribution in [0.1, 0.15) is 41.4 Å². The van der Waals surface area contributed by atoms with Gasteiger partial charge < -0.3 is 29.5 Å². The molecule has 2 aromatic rings. The fourth-order valence-electron chi connectivity index (χ4n) is 3.43. The average molecular weight is 384 g/mol. The third-order valence-corrected chi connectivity index (χ3v) is 4.89. The highest BCUT2D eigenvalue weighted by molar-refractivity contribution is 6.07. The molecule has 0 radical (unpaired) electrons. The largest absolute Gasteiger partial charge is 0.507 e. The van der Waals surface area contributed by atoms with Gasteiger partial charge in [0.05, 0.1) is 12.7 Å². The molecule has 2 aromatic carbocycles. The van der Waals surface area contributed by atoms with E-state index in [9.17, 15) is 20.1 Å². The molecular weight excluding hydrogens is 364 g/mol. The van der Waals surface area contributed by atoms with Crippen LogP contribution in [0.15, 0.2) is 30.3 Å². The number of benzene rings is 2. The Labute approximate surface area is 161 Å². The van der Waals surface area contributed by atoms with Crippen LogP contribution in [0.5, 0.6) is 28.7 Å². The van der Waals surface area contributed by atoms with E-state index in [1.807, 2.05) is 13.8 Å². The van der Waals surface area contributed by atoms with E-state index in [2.05, 4.69) is 0 Å². The molecule has 0 saturated heterocycles. The SMILES string of the molecule is COc1ccc(C2Oc3cc4c(c(O)c3C(=O)C2O)C=CC(C)(C)O4)c(O)c1. The predicted octanol–water partition coefficient (Wildman–Crippen LogP) is 2.97. The molecule has 2 aliphatic heterocycles. The molecule has 4 rings (SSSR count). The molecule has 0 spiro atoms. The maximum absolute atomic E-state index is 12.8. The molecule has 2 atom stereocenters. The summed E-state index contributed by atoms with van der Waals surface area (Å²) in [6.07, 6.45) is 0.705. The van der Waals surface area contributed by atoms with E-state index in [0.29, 0.717) is 17.1 Å². The van der Waals surface area contributed by atoms with Crippen molar-refractivity contribution in [3.8, 4) is 28.7 Å². The number of ketones is 1. The quantitative estimate of drug-likeness (QED) is 0.731. The molecule has 2 unspecified atom stereocenters. The summed E-state index contributed by atoms with van der Waals surface area (Å²) in [6, 6.07) is 5.99. The van der Waals surface area contributed by atoms with Gasteiger partial charge >= 0.3 is 0 Å². The minimum atomic E-state index is -1.60. The van der Waals surface area contributed by atoms with Gasteiger partial charge in [-0.2, -0.15) is 0 Å². The van der Waals surface area contributed by atoms with Crippen LogP contribution in [0.3, 0.4) is 0 Å². The molecule has 3 N–H and O–H groups in total. The highest BCUT2D eigenvalue weighted by Gasteiger charge is 2.42. The lowest BCUT2D eigenvalue weighted by Gasteiger charge is -2.33. The Morgan fingerprint density at radius 1 is 1.14 bits per heavy atom. The first-order valence-corrected chi connectivity index (χ1v) is 8.76. The van der Waals surface area contributed by atoms with Gasteiger partial charge in [0, 0.05) is 17.7 Å². The summed E-state index contributed by atoms with van der Waals surface area (Å²) in [4.78, 5) is 12.8. The van der Waals surface area contributed by atoms with E-state index < -0.39 is 23.6 Å². The summed E-state index contributed by atoms with van der Waals surface area (Å²) in [7, 11) is 1.46. The Bertz CT molecular complexity index is 1010. The lowest BCUT2D eigenvalue weighted by Crippen LogP contribution is -2.36. The van der Waals surface area contributed by atoms with Crippen LogP contribution in [0.25, 0.3) is 6.08 Å². The van der Waals surface area contributed by atoms with Crippen LogP contribution in [0.4, 0.5) is 0 Å². The molecule has 0 bridgehead atoms. The van der Waals surface area contributed by atoms with E-state index in [1.165, 1.54) is 25.3 Å². The van der Waals surface area contributed by atoms with Gasteiger partial charge in [-0.05, 0) is 38.1 Å². The molecule has 7 heteroatoms. The summed E-state index contributed by atoms with van der Waals surface area (Å²) in [5.74, 6) is -0.307. The first-order chi connectivity index (χ1) is 13.2. The minimum Gasteiger partial charge on any atom is -0.507 e. The molecule has 7 nitrogen and oxygen atoms in total. The van der Waals surface area contributed by atoms with Crippen LogP contribution >= 0.6 is 0 Å². The third-order valence-electron chi connectivity index (χ3n) is 4.89. The Kier molecular flexibility index (Phi) is 4.01. The normalized spacial score (nSPS) is 21.9. The number of Topliss-reactive ketones (excluding diaryl/α,β-unsaturated/α-hetero) is 1. The molecule has 2 heterocycles. The number of rotatable bonds is 2. The molecule has 0 fully saturated rings. The first kappa shape index (κ1) is 18.2. The monoisotopic (exact) mass is 384 g/mol. The van der Waals surface area contributed by atoms with Crippen LogP contribution in [0, 0.1) is 0 Å². The number of hydrogen-bond donors (Lipinski definition) is 3. The number of aliphatic hydroxyl groups is 1. The molecule has 0 saturated carbocycles. The van der Waals surface area contributed by atoms with Crippen molar-refractivity contribution in [1.29, 1.82) is 0 Å². The van der Waals surface area contributed by atoms with Crippen molar-refractivity contribution in [2.75, 3.05) is 7.11 Å². The lowest BCUT2D eigenvalue weighted by molar-refractivity contribution is 0.0201. The van der Waals surface area contributed by atoms with Crippen molar-refractivity contribution in [1.82, 2.24) is 0 Å². The van der Waals surface area contributed by atoms with Crippen LogP contribution < -0.4 is 14.2 Å². The molecule has 146 valence electrons. The molecular formula is C21H20O7. The van der Waals surface area contributed by atoms with Gasteiger partial charge in [-0.1, -0.05) is 0 Å². The van der Waals surface area contributed by atoms with Crippen molar-refractivity contribution < 1.29 is 34.3 Å². The first-order valence-electron chi connectivity index (χ1n) is 8.76. The van der Waals surface area contributed by atoms with Gasteiger partial charge in [-0.15, -0.1) is 0 Å². The number of carbonyl (C=O) groups excluding carboxylic acids is 1. The maximum Gasteiger partial charge on any atom is 0.202 e. The minimum absolute atomic E-state index is 0.0814. The van der Waals surface area contributed by atoms with Gasteiger partial charge in [-0.3, -0.25) is 4.79 Å². The third kappa shape index (κ3) is 2.75. The second-order valence-electron chi connectivity index (χ2n) is 7.32. The highest BCUT2D eigenvalue weighted by Crippen LogP contribution is 2.48. The Hall–Kier alpha value is -3.19. The zero-order chi connectivity index (χ0) is 20.2. The summed E-state index contributed by atoms with van der Waals surface area (Å²) in [5, 5.41) is 31.4. The molecule has 0 amide bonds. The van der Waals surface area contributed by atoms with E-state index in [4.69, 9.17) is 14.2 Å². The second-order valence-corrected chi connectivity index (χ2v) is 7.32. The maximum atomic E-state index is 12.8. The van der Waals surface area contributed by atoms with Gasteiger partial charge in [0.2, 0.25) is 5.78 Å². The molecule has 0 aliphatic carbocycles. The standard InChI is InChI=1S/C21H20O7/c1-21(2)7-6-12-14(28-21)9-15-16(17(12)23)18(24)19(25)20(27-15)11-5-4-10(26-3)8-13(11)22/h4-9,19-20,22-23,25H,1-3H3. The van der Waals surface area contributed by atoms with Crippen LogP contribution in [-0.4, -0.2) is 39.9 Å². The fraction of sp³-hybridized carbons (Fsp3) is 0.286. The zero-order valence-corrected chi connectivity index (χ0v) is 15.6. The zero-order valence-electron chi connectivity index (χ0n) is 15.6. The van der Waals surface area contributed by atoms with Crippen molar-refractivity contribution in [3.63, 3.8) is 0 Å². The number of hydrogen-bond acceptors (Lipinski definition) is 7. The van der Waals surface area contributed by atoms with Gasteiger partial charge in [0.25, 0.3) is 0 Å². The van der Waals surface area contributed by atoms with E-state index in [1.54, 1.807) is 18.2 Å². The summed E-state index contributed by atoms with van der Waals surface area (Å²) in [5.41, 5.74) is -0.110. The van der Waals surface area contributed by atoms with Gasteiger partial charge in [0.15, 0.2) is 12.2 Å². The number of methoxy groups -OCH3 is 1. The number of aromatic hydroxyl groups is 2. The summed E-state index contributed by atoms with van der Waals surface area (Å²) >= 11 is 0. The number of fused-ring (bicyclic) bond motifs is 2. The highest BCUT2D eigenvalue weighted by atomic mass is 16.5. The van der Waals surface area contributed by atoms with Crippen molar-refractivity contribution in [2.24, 2.45) is 0 Å². The predicted molar refractivity (Wildman–Crippen MR) is 100 cm³/mol. The van der Waals surface area contributed by atoms with E-state index in [-0.39, 0.29) is 28.4 Å². The molecule has 28 heavy (non-hydrogen) atoms. The number of carbonyl (C=O) groups is 1. The van der Waals surface area contributed by atoms with Crippen molar-refractivity contribution in [2.45, 2.75) is 31.7 Å². The van der Waals surface area contributed by atoms with Crippen molar-refractivity contribution >= 4 is 11.9 Å². The number of phenols is 2. The Morgan fingerprint density at radius 2 is 1.89 bits per heavy atom. The Balaban J connectivity index is 1.81. The van der Waals surface area contributed by atoms with E-state index in [0.717, 1.165) is 0 Å². The number of ether oxygens (including phenoxy) is 3. The lowest BCUT2D eigenvalue weighted by atomic mass is 9.90. The van der Waals surface area contributed by atoms with E-state index >= 15 is 0 Å².